The molecular weight excluding hydrogens is 404 g/mol. The van der Waals surface area contributed by atoms with E-state index in [0.29, 0.717) is 30.3 Å². The van der Waals surface area contributed by atoms with Gasteiger partial charge in [-0.1, -0.05) is 17.7 Å². The summed E-state index contributed by atoms with van der Waals surface area (Å²) in [7, 11) is 0.570. The number of carbonyl (C=O) groups excluding carboxylic acids is 1. The first-order valence-electron chi connectivity index (χ1n) is 8.54. The van der Waals surface area contributed by atoms with Gasteiger partial charge in [0.05, 0.1) is 13.7 Å². The predicted octanol–water partition coefficient (Wildman–Crippen LogP) is 2.80. The number of rotatable bonds is 9. The summed E-state index contributed by atoms with van der Waals surface area (Å²) in [5, 5.41) is 0.594. The Labute approximate surface area is 170 Å². The molecule has 2 aromatic rings. The minimum atomic E-state index is -3.75. The van der Waals surface area contributed by atoms with Gasteiger partial charge in [-0.25, -0.2) is 13.1 Å². The van der Waals surface area contributed by atoms with Gasteiger partial charge in [-0.15, -0.1) is 0 Å². The summed E-state index contributed by atoms with van der Waals surface area (Å²) < 4.78 is 37.2. The first kappa shape index (κ1) is 22.0. The minimum absolute atomic E-state index is 0.0824. The molecule has 2 rings (SSSR count). The third kappa shape index (κ3) is 5.60. The van der Waals surface area contributed by atoms with Crippen molar-refractivity contribution in [3.05, 3.63) is 53.1 Å². The highest BCUT2D eigenvalue weighted by Crippen LogP contribution is 2.25. The number of hydrogen-bond acceptors (Lipinski definition) is 5. The van der Waals surface area contributed by atoms with E-state index >= 15 is 0 Å². The zero-order valence-corrected chi connectivity index (χ0v) is 17.5. The van der Waals surface area contributed by atoms with Gasteiger partial charge in [-0.05, 0) is 49.9 Å². The molecule has 152 valence electrons. The average Bonchev–Trinajstić information content (AvgIpc) is 2.70. The number of nitrogens with one attached hydrogen (secondary N) is 1. The number of sulfonamides is 1. The van der Waals surface area contributed by atoms with Crippen molar-refractivity contribution in [3.8, 4) is 11.5 Å². The highest BCUT2D eigenvalue weighted by atomic mass is 35.5. The van der Waals surface area contributed by atoms with Crippen molar-refractivity contribution in [1.82, 2.24) is 9.62 Å². The van der Waals surface area contributed by atoms with E-state index in [1.54, 1.807) is 25.2 Å². The Hall–Kier alpha value is -2.29. The molecule has 0 saturated heterocycles. The van der Waals surface area contributed by atoms with Crippen molar-refractivity contribution >= 4 is 27.5 Å². The van der Waals surface area contributed by atoms with Crippen LogP contribution in [-0.2, 0) is 10.0 Å². The van der Waals surface area contributed by atoms with Crippen LogP contribution in [0.4, 0.5) is 0 Å². The molecule has 7 nitrogen and oxygen atoms in total. The molecule has 0 aliphatic heterocycles. The Morgan fingerprint density at radius 2 is 1.96 bits per heavy atom. The quantitative estimate of drug-likeness (QED) is 0.623. The topological polar surface area (TPSA) is 84.9 Å². The summed E-state index contributed by atoms with van der Waals surface area (Å²) in [5.74, 6) is 0.542. The fourth-order valence-electron chi connectivity index (χ4n) is 2.50. The lowest BCUT2D eigenvalue weighted by Crippen LogP contribution is -2.29. The van der Waals surface area contributed by atoms with Crippen molar-refractivity contribution in [2.24, 2.45) is 0 Å². The van der Waals surface area contributed by atoms with E-state index in [0.717, 1.165) is 0 Å². The maximum absolute atomic E-state index is 12.6. The molecule has 9 heteroatoms. The number of halogens is 1. The van der Waals surface area contributed by atoms with Crippen LogP contribution in [0.25, 0.3) is 0 Å². The first-order valence-corrected chi connectivity index (χ1v) is 10.4. The predicted molar refractivity (Wildman–Crippen MR) is 108 cm³/mol. The summed E-state index contributed by atoms with van der Waals surface area (Å²) in [5.41, 5.74) is 0.257. The lowest BCUT2D eigenvalue weighted by molar-refractivity contribution is 0.0787. The van der Waals surface area contributed by atoms with Crippen molar-refractivity contribution in [2.75, 3.05) is 34.4 Å². The van der Waals surface area contributed by atoms with Crippen LogP contribution in [0.1, 0.15) is 16.8 Å². The number of ether oxygens (including phenoxy) is 2. The van der Waals surface area contributed by atoms with Gasteiger partial charge in [0.2, 0.25) is 10.0 Å². The Bertz CT molecular complexity index is 934. The van der Waals surface area contributed by atoms with Crippen molar-refractivity contribution in [1.29, 1.82) is 0 Å². The molecule has 0 aliphatic carbocycles. The number of amides is 1. The van der Waals surface area contributed by atoms with Crippen LogP contribution in [0, 0.1) is 0 Å². The molecule has 0 heterocycles. The summed E-state index contributed by atoms with van der Waals surface area (Å²) in [6.45, 7) is 0.861. The van der Waals surface area contributed by atoms with Crippen LogP contribution in [0.5, 0.6) is 11.5 Å². The van der Waals surface area contributed by atoms with E-state index in [2.05, 4.69) is 4.72 Å². The molecule has 0 atom stereocenters. The Morgan fingerprint density at radius 1 is 1.21 bits per heavy atom. The SMILES string of the molecule is CNS(=O)(=O)c1cc(C(=O)N(C)CCCOc2cccc(Cl)c2)ccc1OC. The van der Waals surface area contributed by atoms with E-state index < -0.39 is 10.0 Å². The smallest absolute Gasteiger partial charge is 0.253 e. The van der Waals surface area contributed by atoms with Crippen LogP contribution in [0.3, 0.4) is 0 Å². The number of hydrogen-bond donors (Lipinski definition) is 1. The number of benzene rings is 2. The van der Waals surface area contributed by atoms with Crippen molar-refractivity contribution in [3.63, 3.8) is 0 Å². The second kappa shape index (κ2) is 9.77. The van der Waals surface area contributed by atoms with E-state index in [9.17, 15) is 13.2 Å². The number of nitrogens with zero attached hydrogens (tertiary/aromatic N) is 1. The lowest BCUT2D eigenvalue weighted by Gasteiger charge is -2.18. The van der Waals surface area contributed by atoms with E-state index in [1.165, 1.54) is 37.3 Å². The second-order valence-corrected chi connectivity index (χ2v) is 8.25. The van der Waals surface area contributed by atoms with Gasteiger partial charge in [-0.3, -0.25) is 4.79 Å². The fraction of sp³-hybridized carbons (Fsp3) is 0.316. The third-order valence-electron chi connectivity index (χ3n) is 4.02. The monoisotopic (exact) mass is 426 g/mol. The highest BCUT2D eigenvalue weighted by Gasteiger charge is 2.21. The van der Waals surface area contributed by atoms with Gasteiger partial charge < -0.3 is 14.4 Å². The molecule has 0 fully saturated rings. The van der Waals surface area contributed by atoms with E-state index in [1.807, 2.05) is 6.07 Å². The molecule has 1 amide bonds. The second-order valence-electron chi connectivity index (χ2n) is 5.96. The minimum Gasteiger partial charge on any atom is -0.495 e. The molecule has 0 radical (unpaired) electrons. The Morgan fingerprint density at radius 3 is 2.61 bits per heavy atom. The molecular formula is C19H23ClN2O5S. The van der Waals surface area contributed by atoms with Crippen molar-refractivity contribution < 1.29 is 22.7 Å². The first-order chi connectivity index (χ1) is 13.3. The number of carbonyl (C=O) groups is 1. The maximum Gasteiger partial charge on any atom is 0.253 e. The lowest BCUT2D eigenvalue weighted by atomic mass is 10.2. The maximum atomic E-state index is 12.6. The van der Waals surface area contributed by atoms with Crippen molar-refractivity contribution in [2.45, 2.75) is 11.3 Å². The van der Waals surface area contributed by atoms with Crippen LogP contribution in [-0.4, -0.2) is 53.6 Å². The Kier molecular flexibility index (Phi) is 7.68. The molecule has 0 bridgehead atoms. The van der Waals surface area contributed by atoms with Crippen LogP contribution >= 0.6 is 11.6 Å². The summed E-state index contributed by atoms with van der Waals surface area (Å²) in [4.78, 5) is 14.1. The summed E-state index contributed by atoms with van der Waals surface area (Å²) >= 11 is 5.91. The number of methoxy groups -OCH3 is 1. The fourth-order valence-corrected chi connectivity index (χ4v) is 3.60. The van der Waals surface area contributed by atoms with Crippen LogP contribution in [0.2, 0.25) is 5.02 Å². The standard InChI is InChI=1S/C19H23ClN2O5S/c1-21-28(24,25)18-12-14(8-9-17(18)26-3)19(23)22(2)10-5-11-27-16-7-4-6-15(20)13-16/h4,6-9,12-13,21H,5,10-11H2,1-3H3. The average molecular weight is 427 g/mol. The molecule has 1 N–H and O–H groups in total. The molecule has 0 aromatic heterocycles. The molecule has 2 aromatic carbocycles. The zero-order chi connectivity index (χ0) is 20.7. The molecule has 28 heavy (non-hydrogen) atoms. The van der Waals surface area contributed by atoms with E-state index in [-0.39, 0.29) is 22.1 Å². The Balaban J connectivity index is 1.99. The largest absolute Gasteiger partial charge is 0.495 e. The normalized spacial score (nSPS) is 11.1. The van der Waals surface area contributed by atoms with Gasteiger partial charge in [0.15, 0.2) is 0 Å². The summed E-state index contributed by atoms with van der Waals surface area (Å²) in [6.07, 6.45) is 0.604. The summed E-state index contributed by atoms with van der Waals surface area (Å²) in [6, 6.07) is 11.4. The van der Waals surface area contributed by atoms with Crippen LogP contribution < -0.4 is 14.2 Å². The molecule has 0 saturated carbocycles. The molecule has 0 aliphatic rings. The van der Waals surface area contributed by atoms with Gasteiger partial charge >= 0.3 is 0 Å². The van der Waals surface area contributed by atoms with Gasteiger partial charge in [0, 0.05) is 24.2 Å². The van der Waals surface area contributed by atoms with Crippen LogP contribution in [0.15, 0.2) is 47.4 Å². The third-order valence-corrected chi connectivity index (χ3v) is 5.69. The molecule has 0 spiro atoms. The van der Waals surface area contributed by atoms with Gasteiger partial charge in [0.1, 0.15) is 16.4 Å². The highest BCUT2D eigenvalue weighted by molar-refractivity contribution is 7.89. The van der Waals surface area contributed by atoms with Gasteiger partial charge in [-0.2, -0.15) is 0 Å². The zero-order valence-electron chi connectivity index (χ0n) is 15.9. The van der Waals surface area contributed by atoms with E-state index in [4.69, 9.17) is 21.1 Å². The molecule has 0 unspecified atom stereocenters. The van der Waals surface area contributed by atoms with Gasteiger partial charge in [0.25, 0.3) is 5.91 Å².